The molecule has 30 heavy (non-hydrogen) atoms. The third-order valence-corrected chi connectivity index (χ3v) is 8.83. The Morgan fingerprint density at radius 3 is 2.00 bits per heavy atom. The Morgan fingerprint density at radius 2 is 1.47 bits per heavy atom. The highest BCUT2D eigenvalue weighted by molar-refractivity contribution is 7.89. The second-order valence-corrected chi connectivity index (χ2v) is 11.3. The first kappa shape index (κ1) is 22.7. The van der Waals surface area contributed by atoms with Gasteiger partial charge in [0.05, 0.1) is 9.79 Å². The number of hydrogen-bond acceptors (Lipinski definition) is 4. The van der Waals surface area contributed by atoms with Crippen LogP contribution in [0, 0.1) is 13.8 Å². The molecule has 0 radical (unpaired) electrons. The van der Waals surface area contributed by atoms with Crippen LogP contribution in [0.15, 0.2) is 71.0 Å². The van der Waals surface area contributed by atoms with Gasteiger partial charge in [0.1, 0.15) is 0 Å². The van der Waals surface area contributed by atoms with E-state index >= 15 is 0 Å². The molecule has 0 heterocycles. The Morgan fingerprint density at radius 1 is 0.933 bits per heavy atom. The molecule has 1 saturated carbocycles. The fraction of sp³-hybridized carbons (Fsp3) is 0.364. The molecule has 6 nitrogen and oxygen atoms in total. The van der Waals surface area contributed by atoms with Gasteiger partial charge in [-0.15, -0.1) is 6.58 Å². The summed E-state index contributed by atoms with van der Waals surface area (Å²) in [5, 5.41) is 0. The summed E-state index contributed by atoms with van der Waals surface area (Å²) in [6.07, 6.45) is 3.44. The second kappa shape index (κ2) is 9.01. The number of rotatable bonds is 8. The van der Waals surface area contributed by atoms with Gasteiger partial charge in [-0.1, -0.05) is 47.9 Å². The van der Waals surface area contributed by atoms with Gasteiger partial charge in [0, 0.05) is 18.6 Å². The smallest absolute Gasteiger partial charge is 0.207 e. The van der Waals surface area contributed by atoms with Crippen molar-refractivity contribution in [2.45, 2.75) is 55.0 Å². The maximum absolute atomic E-state index is 13.3. The van der Waals surface area contributed by atoms with Crippen molar-refractivity contribution in [3.63, 3.8) is 0 Å². The SMILES string of the molecule is C=CCN([C@H]1CCC[C@H]1NS(=O)(=O)c1ccc(C)cc1)S(=O)(=O)c1ccc(C)cc1. The quantitative estimate of drug-likeness (QED) is 0.628. The standard InChI is InChI=1S/C22H28N2O4S2/c1-4-16-24(30(27,28)20-14-10-18(3)11-15-20)22-7-5-6-21(22)23-29(25,26)19-12-8-17(2)9-13-19/h4,8-15,21-23H,1,5-7,16H2,2-3H3/t21-,22+/m1/s1. The van der Waals surface area contributed by atoms with E-state index in [1.54, 1.807) is 48.5 Å². The molecular weight excluding hydrogens is 420 g/mol. The van der Waals surface area contributed by atoms with Crippen LogP contribution < -0.4 is 4.72 Å². The van der Waals surface area contributed by atoms with Crippen LogP contribution in [-0.2, 0) is 20.0 Å². The fourth-order valence-corrected chi connectivity index (χ4v) is 6.76. The number of nitrogens with zero attached hydrogens (tertiary/aromatic N) is 1. The Labute approximate surface area is 179 Å². The first-order valence-electron chi connectivity index (χ1n) is 9.93. The van der Waals surface area contributed by atoms with Crippen molar-refractivity contribution in [2.24, 2.45) is 0 Å². The number of benzene rings is 2. The average Bonchev–Trinajstić information content (AvgIpc) is 3.13. The highest BCUT2D eigenvalue weighted by Gasteiger charge is 2.40. The lowest BCUT2D eigenvalue weighted by molar-refractivity contribution is 0.312. The number of sulfonamides is 2. The maximum atomic E-state index is 13.3. The summed E-state index contributed by atoms with van der Waals surface area (Å²) in [5.41, 5.74) is 1.93. The first-order chi connectivity index (χ1) is 14.1. The van der Waals surface area contributed by atoms with Gasteiger partial charge in [0.25, 0.3) is 0 Å². The molecule has 3 rings (SSSR count). The summed E-state index contributed by atoms with van der Waals surface area (Å²) in [6.45, 7) is 7.60. The van der Waals surface area contributed by atoms with Crippen molar-refractivity contribution in [1.82, 2.24) is 9.03 Å². The zero-order valence-electron chi connectivity index (χ0n) is 17.3. The number of hydrogen-bond donors (Lipinski definition) is 1. The maximum Gasteiger partial charge on any atom is 0.243 e. The topological polar surface area (TPSA) is 83.6 Å². The van der Waals surface area contributed by atoms with E-state index in [-0.39, 0.29) is 16.3 Å². The Bertz CT molecular complexity index is 1090. The molecule has 0 unspecified atom stereocenters. The van der Waals surface area contributed by atoms with Crippen LogP contribution in [0.25, 0.3) is 0 Å². The van der Waals surface area contributed by atoms with E-state index in [2.05, 4.69) is 11.3 Å². The predicted molar refractivity (Wildman–Crippen MR) is 118 cm³/mol. The molecule has 1 aliphatic rings. The molecule has 8 heteroatoms. The van der Waals surface area contributed by atoms with Gasteiger partial charge in [0.15, 0.2) is 0 Å². The van der Waals surface area contributed by atoms with E-state index in [9.17, 15) is 16.8 Å². The van der Waals surface area contributed by atoms with E-state index in [4.69, 9.17) is 0 Å². The van der Waals surface area contributed by atoms with Gasteiger partial charge in [-0.2, -0.15) is 4.31 Å². The molecule has 0 aliphatic heterocycles. The summed E-state index contributed by atoms with van der Waals surface area (Å²) >= 11 is 0. The third kappa shape index (κ3) is 4.83. The van der Waals surface area contributed by atoms with E-state index in [1.165, 1.54) is 10.4 Å². The van der Waals surface area contributed by atoms with Crippen molar-refractivity contribution in [1.29, 1.82) is 0 Å². The zero-order chi connectivity index (χ0) is 21.9. The molecule has 1 fully saturated rings. The van der Waals surface area contributed by atoms with Crippen LogP contribution in [-0.4, -0.2) is 39.8 Å². The summed E-state index contributed by atoms with van der Waals surface area (Å²) < 4.78 is 56.6. The van der Waals surface area contributed by atoms with Crippen molar-refractivity contribution >= 4 is 20.0 Å². The van der Waals surface area contributed by atoms with Crippen molar-refractivity contribution in [3.8, 4) is 0 Å². The fourth-order valence-electron chi connectivity index (χ4n) is 3.79. The van der Waals surface area contributed by atoms with Crippen LogP contribution in [0.1, 0.15) is 30.4 Å². The largest absolute Gasteiger partial charge is 0.243 e. The molecule has 1 N–H and O–H groups in total. The van der Waals surface area contributed by atoms with Crippen LogP contribution >= 0.6 is 0 Å². The van der Waals surface area contributed by atoms with Crippen LogP contribution in [0.4, 0.5) is 0 Å². The van der Waals surface area contributed by atoms with Gasteiger partial charge in [-0.25, -0.2) is 21.6 Å². The zero-order valence-corrected chi connectivity index (χ0v) is 18.9. The summed E-state index contributed by atoms with van der Waals surface area (Å²) in [7, 11) is -7.55. The molecular formula is C22H28N2O4S2. The van der Waals surface area contributed by atoms with Gasteiger partial charge in [0.2, 0.25) is 20.0 Å². The molecule has 0 bridgehead atoms. The van der Waals surface area contributed by atoms with Gasteiger partial charge < -0.3 is 0 Å². The lowest BCUT2D eigenvalue weighted by atomic mass is 10.2. The van der Waals surface area contributed by atoms with Gasteiger partial charge >= 0.3 is 0 Å². The predicted octanol–water partition coefficient (Wildman–Crippen LogP) is 3.38. The van der Waals surface area contributed by atoms with Crippen LogP contribution in [0.5, 0.6) is 0 Å². The monoisotopic (exact) mass is 448 g/mol. The van der Waals surface area contributed by atoms with Gasteiger partial charge in [-0.3, -0.25) is 0 Å². The van der Waals surface area contributed by atoms with Crippen LogP contribution in [0.2, 0.25) is 0 Å². The number of aryl methyl sites for hydroxylation is 2. The molecule has 0 amide bonds. The highest BCUT2D eigenvalue weighted by Crippen LogP contribution is 2.30. The van der Waals surface area contributed by atoms with E-state index < -0.39 is 32.1 Å². The molecule has 2 aromatic rings. The van der Waals surface area contributed by atoms with E-state index in [0.717, 1.165) is 17.5 Å². The second-order valence-electron chi connectivity index (χ2n) is 7.72. The molecule has 2 atom stereocenters. The number of nitrogens with one attached hydrogen (secondary N) is 1. The Balaban J connectivity index is 1.89. The van der Waals surface area contributed by atoms with E-state index in [0.29, 0.717) is 12.8 Å². The minimum absolute atomic E-state index is 0.115. The Hall–Kier alpha value is -2.00. The molecule has 162 valence electrons. The van der Waals surface area contributed by atoms with E-state index in [1.807, 2.05) is 13.8 Å². The Kier molecular flexibility index (Phi) is 6.81. The molecule has 2 aromatic carbocycles. The lowest BCUT2D eigenvalue weighted by Crippen LogP contribution is -2.50. The third-order valence-electron chi connectivity index (χ3n) is 5.42. The molecule has 0 saturated heterocycles. The summed E-state index contributed by atoms with van der Waals surface area (Å²) in [5.74, 6) is 0. The summed E-state index contributed by atoms with van der Waals surface area (Å²) in [6, 6.07) is 12.3. The molecule has 1 aliphatic carbocycles. The minimum Gasteiger partial charge on any atom is -0.207 e. The molecule has 0 aromatic heterocycles. The normalized spacial score (nSPS) is 19.8. The highest BCUT2D eigenvalue weighted by atomic mass is 32.2. The van der Waals surface area contributed by atoms with Crippen molar-refractivity contribution in [3.05, 3.63) is 72.3 Å². The van der Waals surface area contributed by atoms with Crippen molar-refractivity contribution in [2.75, 3.05) is 6.54 Å². The first-order valence-corrected chi connectivity index (χ1v) is 12.9. The minimum atomic E-state index is -3.79. The lowest BCUT2D eigenvalue weighted by Gasteiger charge is -2.31. The summed E-state index contributed by atoms with van der Waals surface area (Å²) in [4.78, 5) is 0.373. The average molecular weight is 449 g/mol. The molecule has 0 spiro atoms. The van der Waals surface area contributed by atoms with Crippen LogP contribution in [0.3, 0.4) is 0 Å². The van der Waals surface area contributed by atoms with Gasteiger partial charge in [-0.05, 0) is 51.0 Å². The van der Waals surface area contributed by atoms with Crippen molar-refractivity contribution < 1.29 is 16.8 Å².